The first-order valence-electron chi connectivity index (χ1n) is 10.9. The molecule has 1 N–H and O–H groups in total. The van der Waals surface area contributed by atoms with Gasteiger partial charge in [-0.1, -0.05) is 24.6 Å². The zero-order valence-corrected chi connectivity index (χ0v) is 14.7. The summed E-state index contributed by atoms with van der Waals surface area (Å²) in [6, 6.07) is 11.4. The third kappa shape index (κ3) is 6.31. The Morgan fingerprint density at radius 2 is 1.88 bits per heavy atom. The Balaban J connectivity index is 2.14. The SMILES string of the molecule is [2H]C([2H])(Cc1ccc(OC)c(OC)c1)CC([2H])([2H])C(O)C([2H])([2H])Oc1cccc(C)c1. The minimum Gasteiger partial charge on any atom is -0.493 e. The zero-order valence-electron chi connectivity index (χ0n) is 20.7. The van der Waals surface area contributed by atoms with Gasteiger partial charge in [0.05, 0.1) is 23.1 Å². The predicted octanol–water partition coefficient (Wildman–Crippen LogP) is 4.16. The molecule has 4 heteroatoms. The molecule has 0 aliphatic carbocycles. The van der Waals surface area contributed by atoms with E-state index in [9.17, 15) is 5.11 Å². The molecule has 2 aromatic carbocycles. The van der Waals surface area contributed by atoms with Crippen molar-refractivity contribution in [3.05, 3.63) is 53.6 Å². The third-order valence-electron chi connectivity index (χ3n) is 3.48. The lowest BCUT2D eigenvalue weighted by Crippen LogP contribution is -2.17. The van der Waals surface area contributed by atoms with Gasteiger partial charge >= 0.3 is 0 Å². The quantitative estimate of drug-likeness (QED) is 0.699. The summed E-state index contributed by atoms with van der Waals surface area (Å²) < 4.78 is 64.5. The van der Waals surface area contributed by atoms with E-state index in [1.165, 1.54) is 20.3 Å². The number of rotatable bonds is 10. The lowest BCUT2D eigenvalue weighted by atomic mass is 10.0. The van der Waals surface area contributed by atoms with Gasteiger partial charge in [0.15, 0.2) is 11.5 Å². The molecule has 136 valence electrons. The number of ether oxygens (including phenoxy) is 3. The number of methoxy groups -OCH3 is 2. The molecule has 1 unspecified atom stereocenters. The number of hydrogen-bond donors (Lipinski definition) is 1. The fraction of sp³-hybridized carbons (Fsp3) is 0.429. The molecule has 1 atom stereocenters. The Kier molecular flexibility index (Phi) is 4.85. The van der Waals surface area contributed by atoms with Gasteiger partial charge in [-0.2, -0.15) is 0 Å². The first-order valence-corrected chi connectivity index (χ1v) is 7.94. The molecule has 0 saturated carbocycles. The topological polar surface area (TPSA) is 47.9 Å². The van der Waals surface area contributed by atoms with E-state index in [-0.39, 0.29) is 12.2 Å². The summed E-state index contributed by atoms with van der Waals surface area (Å²) in [5, 5.41) is 10.4. The smallest absolute Gasteiger partial charge is 0.160 e. The molecular formula is C21H28O4. The van der Waals surface area contributed by atoms with Gasteiger partial charge in [0.1, 0.15) is 12.3 Å². The van der Waals surface area contributed by atoms with Crippen molar-refractivity contribution >= 4 is 0 Å². The summed E-state index contributed by atoms with van der Waals surface area (Å²) in [5.41, 5.74) is 1.36. The summed E-state index contributed by atoms with van der Waals surface area (Å²) in [4.78, 5) is 0. The van der Waals surface area contributed by atoms with Gasteiger partial charge in [-0.05, 0) is 61.5 Å². The normalized spacial score (nSPS) is 17.1. The number of benzene rings is 2. The highest BCUT2D eigenvalue weighted by molar-refractivity contribution is 5.42. The molecule has 0 aliphatic rings. The number of hydrogen-bond acceptors (Lipinski definition) is 4. The monoisotopic (exact) mass is 350 g/mol. The van der Waals surface area contributed by atoms with Crippen LogP contribution in [0.4, 0.5) is 0 Å². The summed E-state index contributed by atoms with van der Waals surface area (Å²) >= 11 is 0. The summed E-state index contributed by atoms with van der Waals surface area (Å²) in [7, 11) is 2.95. The van der Waals surface area contributed by atoms with Crippen LogP contribution in [0.5, 0.6) is 17.2 Å². The standard InChI is InChI=1S/C21H28O4/c1-16-7-6-10-19(13-16)25-15-18(22)9-5-4-8-17-11-12-20(23-2)21(14-17)24-3/h6-7,10-14,18,22H,4-5,8-9,15H2,1-3H3/i4D2,9D2,15D2. The average molecular weight is 350 g/mol. The van der Waals surface area contributed by atoms with E-state index < -0.39 is 31.8 Å². The van der Waals surface area contributed by atoms with Crippen molar-refractivity contribution in [2.45, 2.75) is 38.6 Å². The van der Waals surface area contributed by atoms with Crippen molar-refractivity contribution in [1.82, 2.24) is 0 Å². The molecule has 0 fully saturated rings. The molecule has 0 saturated heterocycles. The maximum atomic E-state index is 10.4. The van der Waals surface area contributed by atoms with Gasteiger partial charge < -0.3 is 19.3 Å². The third-order valence-corrected chi connectivity index (χ3v) is 3.48. The van der Waals surface area contributed by atoms with Crippen molar-refractivity contribution in [1.29, 1.82) is 0 Å². The van der Waals surface area contributed by atoms with E-state index in [4.69, 9.17) is 22.4 Å². The Labute approximate surface area is 158 Å². The molecule has 0 amide bonds. The van der Waals surface area contributed by atoms with Crippen LogP contribution in [-0.2, 0) is 6.42 Å². The van der Waals surface area contributed by atoms with Crippen LogP contribution in [-0.4, -0.2) is 32.0 Å². The van der Waals surface area contributed by atoms with Crippen LogP contribution >= 0.6 is 0 Å². The van der Waals surface area contributed by atoms with Crippen molar-refractivity contribution in [2.75, 3.05) is 20.8 Å². The lowest BCUT2D eigenvalue weighted by molar-refractivity contribution is 0.0976. The minimum absolute atomic E-state index is 0.146. The number of aliphatic hydroxyl groups is 1. The maximum absolute atomic E-state index is 10.4. The van der Waals surface area contributed by atoms with E-state index in [1.807, 2.05) is 0 Å². The van der Waals surface area contributed by atoms with Crippen molar-refractivity contribution in [3.63, 3.8) is 0 Å². The largest absolute Gasteiger partial charge is 0.493 e. The Bertz CT molecular complexity index is 888. The van der Waals surface area contributed by atoms with Crippen molar-refractivity contribution < 1.29 is 27.5 Å². The molecule has 0 radical (unpaired) electrons. The lowest BCUT2D eigenvalue weighted by Gasteiger charge is -2.13. The molecular weight excluding hydrogens is 316 g/mol. The summed E-state index contributed by atoms with van der Waals surface area (Å²) in [6.07, 6.45) is -7.81. The van der Waals surface area contributed by atoms with Crippen LogP contribution in [0.1, 0.15) is 38.5 Å². The molecule has 4 nitrogen and oxygen atoms in total. The molecule has 25 heavy (non-hydrogen) atoms. The second kappa shape index (κ2) is 9.94. The fourth-order valence-corrected chi connectivity index (χ4v) is 2.21. The van der Waals surface area contributed by atoms with Gasteiger partial charge in [0, 0.05) is 5.48 Å². The highest BCUT2D eigenvalue weighted by Gasteiger charge is 2.07. The first-order chi connectivity index (χ1) is 14.3. The van der Waals surface area contributed by atoms with Gasteiger partial charge in [-0.15, -0.1) is 0 Å². The van der Waals surface area contributed by atoms with E-state index >= 15 is 0 Å². The predicted molar refractivity (Wildman–Crippen MR) is 99.8 cm³/mol. The van der Waals surface area contributed by atoms with Crippen LogP contribution in [0.15, 0.2) is 42.5 Å². The van der Waals surface area contributed by atoms with Gasteiger partial charge in [0.2, 0.25) is 0 Å². The molecule has 0 aromatic heterocycles. The number of aliphatic hydroxyl groups excluding tert-OH is 1. The first kappa shape index (κ1) is 12.2. The van der Waals surface area contributed by atoms with Crippen LogP contribution < -0.4 is 14.2 Å². The zero-order chi connectivity index (χ0) is 23.4. The molecule has 0 spiro atoms. The van der Waals surface area contributed by atoms with Crippen LogP contribution in [0.2, 0.25) is 0 Å². The van der Waals surface area contributed by atoms with Gasteiger partial charge in [-0.3, -0.25) is 0 Å². The molecule has 2 aromatic rings. The van der Waals surface area contributed by atoms with Gasteiger partial charge in [-0.25, -0.2) is 0 Å². The van der Waals surface area contributed by atoms with E-state index in [0.29, 0.717) is 17.1 Å². The Morgan fingerprint density at radius 1 is 1.08 bits per heavy atom. The summed E-state index contributed by atoms with van der Waals surface area (Å²) in [5.74, 6) is 1.05. The second-order valence-electron chi connectivity index (χ2n) is 5.44. The maximum Gasteiger partial charge on any atom is 0.160 e. The molecule has 0 aliphatic heterocycles. The van der Waals surface area contributed by atoms with Gasteiger partial charge in [0.25, 0.3) is 0 Å². The molecule has 2 rings (SSSR count). The fourth-order valence-electron chi connectivity index (χ4n) is 2.21. The second-order valence-corrected chi connectivity index (χ2v) is 5.44. The van der Waals surface area contributed by atoms with E-state index in [1.54, 1.807) is 43.3 Å². The van der Waals surface area contributed by atoms with Crippen LogP contribution in [0, 0.1) is 6.92 Å². The minimum atomic E-state index is -2.77. The van der Waals surface area contributed by atoms with Crippen molar-refractivity contribution in [2.24, 2.45) is 0 Å². The van der Waals surface area contributed by atoms with Crippen LogP contribution in [0.3, 0.4) is 0 Å². The van der Waals surface area contributed by atoms with E-state index in [0.717, 1.165) is 5.56 Å². The Hall–Kier alpha value is -2.20. The summed E-state index contributed by atoms with van der Waals surface area (Å²) in [6.45, 7) is -0.975. The Morgan fingerprint density at radius 3 is 2.60 bits per heavy atom. The molecule has 0 heterocycles. The van der Waals surface area contributed by atoms with Crippen molar-refractivity contribution in [3.8, 4) is 17.2 Å². The molecule has 0 bridgehead atoms. The van der Waals surface area contributed by atoms with Crippen LogP contribution in [0.25, 0.3) is 0 Å². The highest BCUT2D eigenvalue weighted by Crippen LogP contribution is 2.28. The van der Waals surface area contributed by atoms with E-state index in [2.05, 4.69) is 0 Å². The average Bonchev–Trinajstić information content (AvgIpc) is 2.65. The number of aryl methyl sites for hydroxylation is 2. The highest BCUT2D eigenvalue weighted by atomic mass is 16.5.